The molecule has 0 aliphatic heterocycles. The summed E-state index contributed by atoms with van der Waals surface area (Å²) in [6.45, 7) is 2.11. The van der Waals surface area contributed by atoms with E-state index in [4.69, 9.17) is 0 Å². The van der Waals surface area contributed by atoms with Crippen LogP contribution in [-0.2, 0) is 0 Å². The number of ketones is 2. The topological polar surface area (TPSA) is 34.1 Å². The van der Waals surface area contributed by atoms with Gasteiger partial charge in [0.15, 0.2) is 11.6 Å². The summed E-state index contributed by atoms with van der Waals surface area (Å²) in [5.41, 5.74) is 4.53. The average Bonchev–Trinajstić information content (AvgIpc) is 2.66. The van der Waals surface area contributed by atoms with Crippen LogP contribution in [0.5, 0.6) is 0 Å². The van der Waals surface area contributed by atoms with Crippen LogP contribution in [0.15, 0.2) is 60.2 Å². The number of rotatable bonds is 2. The molecule has 0 bridgehead atoms. The number of hydrogen-bond donors (Lipinski definition) is 0. The maximum absolute atomic E-state index is 12.8. The number of carbonyl (C=O) groups is 2. The zero-order valence-corrected chi connectivity index (χ0v) is 14.5. The number of aryl methyl sites for hydroxylation is 1. The van der Waals surface area contributed by atoms with Crippen molar-refractivity contribution >= 4 is 11.6 Å². The Labute approximate surface area is 148 Å². The van der Waals surface area contributed by atoms with Gasteiger partial charge in [0.25, 0.3) is 0 Å². The Morgan fingerprint density at radius 1 is 0.760 bits per heavy atom. The summed E-state index contributed by atoms with van der Waals surface area (Å²) in [7, 11) is 0. The van der Waals surface area contributed by atoms with E-state index in [1.807, 2.05) is 12.1 Å². The molecule has 0 unspecified atom stereocenters. The molecule has 126 valence electrons. The van der Waals surface area contributed by atoms with Crippen molar-refractivity contribution in [1.82, 2.24) is 0 Å². The van der Waals surface area contributed by atoms with Crippen molar-refractivity contribution in [1.29, 1.82) is 0 Å². The maximum Gasteiger partial charge on any atom is 0.190 e. The summed E-state index contributed by atoms with van der Waals surface area (Å²) in [6, 6.07) is 16.0. The first kappa shape index (κ1) is 16.0. The molecule has 0 amide bonds. The minimum Gasteiger partial charge on any atom is -0.289 e. The van der Waals surface area contributed by atoms with Crippen molar-refractivity contribution in [2.75, 3.05) is 0 Å². The lowest BCUT2D eigenvalue weighted by Gasteiger charge is -2.31. The van der Waals surface area contributed by atoms with Gasteiger partial charge in [0.1, 0.15) is 0 Å². The summed E-state index contributed by atoms with van der Waals surface area (Å²) in [5.74, 6) is 0.811. The van der Waals surface area contributed by atoms with Gasteiger partial charge in [0.05, 0.1) is 0 Å². The van der Waals surface area contributed by atoms with Gasteiger partial charge in [-0.05, 0) is 56.1 Å². The molecule has 1 fully saturated rings. The second kappa shape index (κ2) is 6.44. The van der Waals surface area contributed by atoms with Crippen LogP contribution < -0.4 is 0 Å². The monoisotopic (exact) mass is 330 g/mol. The highest BCUT2D eigenvalue weighted by atomic mass is 16.1. The van der Waals surface area contributed by atoms with Crippen molar-refractivity contribution in [3.8, 4) is 0 Å². The molecule has 2 heteroatoms. The smallest absolute Gasteiger partial charge is 0.190 e. The molecule has 2 aromatic rings. The minimum atomic E-state index is -0.0224. The van der Waals surface area contributed by atoms with E-state index in [1.54, 1.807) is 18.2 Å². The van der Waals surface area contributed by atoms with Gasteiger partial charge in [-0.15, -0.1) is 0 Å². The van der Waals surface area contributed by atoms with E-state index in [0.29, 0.717) is 17.0 Å². The van der Waals surface area contributed by atoms with Gasteiger partial charge in [0.2, 0.25) is 0 Å². The van der Waals surface area contributed by atoms with Crippen molar-refractivity contribution in [3.63, 3.8) is 0 Å². The molecule has 0 spiro atoms. The highest BCUT2D eigenvalue weighted by molar-refractivity contribution is 6.24. The number of benzene rings is 2. The van der Waals surface area contributed by atoms with E-state index in [1.165, 1.54) is 11.1 Å². The zero-order chi connectivity index (χ0) is 17.4. The van der Waals surface area contributed by atoms with Gasteiger partial charge in [0, 0.05) is 16.7 Å². The molecule has 2 aromatic carbocycles. The summed E-state index contributed by atoms with van der Waals surface area (Å²) in [4.78, 5) is 25.2. The van der Waals surface area contributed by atoms with Crippen LogP contribution in [0.4, 0.5) is 0 Å². The van der Waals surface area contributed by atoms with Crippen molar-refractivity contribution in [2.45, 2.75) is 38.5 Å². The van der Waals surface area contributed by atoms with E-state index >= 15 is 0 Å². The van der Waals surface area contributed by atoms with Gasteiger partial charge in [-0.2, -0.15) is 0 Å². The Bertz CT molecular complexity index is 850. The molecule has 0 heterocycles. The highest BCUT2D eigenvalue weighted by Gasteiger charge is 2.32. The van der Waals surface area contributed by atoms with Gasteiger partial charge < -0.3 is 0 Å². The normalized spacial score (nSPS) is 23.2. The van der Waals surface area contributed by atoms with Gasteiger partial charge in [-0.3, -0.25) is 9.59 Å². The fraction of sp³-hybridized carbons (Fsp3) is 0.304. The SMILES string of the molecule is Cc1ccc(C2CCC(C3=CC(=O)c4ccccc4C3=O)CC2)cc1. The number of allylic oxidation sites excluding steroid dienone is 2. The van der Waals surface area contributed by atoms with E-state index in [9.17, 15) is 9.59 Å². The third-order valence-electron chi connectivity index (χ3n) is 5.70. The summed E-state index contributed by atoms with van der Waals surface area (Å²) in [5, 5.41) is 0. The predicted molar refractivity (Wildman–Crippen MR) is 99.1 cm³/mol. The van der Waals surface area contributed by atoms with Crippen LogP contribution >= 0.6 is 0 Å². The van der Waals surface area contributed by atoms with E-state index < -0.39 is 0 Å². The first-order valence-electron chi connectivity index (χ1n) is 9.09. The van der Waals surface area contributed by atoms with Crippen molar-refractivity contribution in [3.05, 3.63) is 82.4 Å². The molecule has 0 atom stereocenters. The molecule has 0 radical (unpaired) electrons. The largest absolute Gasteiger partial charge is 0.289 e. The fourth-order valence-electron chi connectivity index (χ4n) is 4.22. The van der Waals surface area contributed by atoms with Crippen LogP contribution in [0.25, 0.3) is 0 Å². The lowest BCUT2D eigenvalue weighted by molar-refractivity contribution is 0.0970. The van der Waals surface area contributed by atoms with Crippen LogP contribution in [0.3, 0.4) is 0 Å². The first-order chi connectivity index (χ1) is 12.1. The Hall–Kier alpha value is -2.48. The lowest BCUT2D eigenvalue weighted by Crippen LogP contribution is -2.24. The molecule has 2 nitrogen and oxygen atoms in total. The number of fused-ring (bicyclic) bond motifs is 1. The Morgan fingerprint density at radius 2 is 1.36 bits per heavy atom. The van der Waals surface area contributed by atoms with Crippen LogP contribution in [0.1, 0.15) is 63.4 Å². The van der Waals surface area contributed by atoms with Crippen LogP contribution in [0, 0.1) is 12.8 Å². The fourth-order valence-corrected chi connectivity index (χ4v) is 4.22. The molecular weight excluding hydrogens is 308 g/mol. The van der Waals surface area contributed by atoms with Crippen LogP contribution in [0.2, 0.25) is 0 Å². The van der Waals surface area contributed by atoms with Crippen molar-refractivity contribution in [2.24, 2.45) is 5.92 Å². The highest BCUT2D eigenvalue weighted by Crippen LogP contribution is 2.40. The van der Waals surface area contributed by atoms with Gasteiger partial charge >= 0.3 is 0 Å². The van der Waals surface area contributed by atoms with Crippen LogP contribution in [-0.4, -0.2) is 11.6 Å². The standard InChI is InChI=1S/C23H22O2/c1-15-6-8-16(9-7-15)17-10-12-18(13-11-17)21-14-22(24)19-4-2-3-5-20(19)23(21)25/h2-9,14,17-18H,10-13H2,1H3. The molecule has 0 saturated heterocycles. The second-order valence-electron chi connectivity index (χ2n) is 7.30. The molecular formula is C23H22O2. The molecule has 2 aliphatic rings. The third-order valence-corrected chi connectivity index (χ3v) is 5.70. The predicted octanol–water partition coefficient (Wildman–Crippen LogP) is 5.27. The Balaban J connectivity index is 1.50. The Kier molecular flexibility index (Phi) is 4.12. The molecule has 1 saturated carbocycles. The number of carbonyl (C=O) groups excluding carboxylic acids is 2. The third kappa shape index (κ3) is 2.97. The van der Waals surface area contributed by atoms with E-state index in [-0.39, 0.29) is 17.5 Å². The van der Waals surface area contributed by atoms with E-state index in [0.717, 1.165) is 31.3 Å². The van der Waals surface area contributed by atoms with Crippen molar-refractivity contribution < 1.29 is 9.59 Å². The Morgan fingerprint density at radius 3 is 2.04 bits per heavy atom. The second-order valence-corrected chi connectivity index (χ2v) is 7.30. The summed E-state index contributed by atoms with van der Waals surface area (Å²) < 4.78 is 0. The summed E-state index contributed by atoms with van der Waals surface area (Å²) in [6.07, 6.45) is 5.71. The zero-order valence-electron chi connectivity index (χ0n) is 14.5. The van der Waals surface area contributed by atoms with Gasteiger partial charge in [-0.25, -0.2) is 0 Å². The van der Waals surface area contributed by atoms with E-state index in [2.05, 4.69) is 31.2 Å². The quantitative estimate of drug-likeness (QED) is 0.751. The molecule has 4 rings (SSSR count). The summed E-state index contributed by atoms with van der Waals surface area (Å²) >= 11 is 0. The van der Waals surface area contributed by atoms with Gasteiger partial charge in [-0.1, -0.05) is 54.1 Å². The number of Topliss-reactive ketones (excluding diaryl/α,β-unsaturated/α-hetero) is 1. The molecule has 25 heavy (non-hydrogen) atoms. The first-order valence-corrected chi connectivity index (χ1v) is 9.09. The molecule has 0 N–H and O–H groups in total. The number of hydrogen-bond acceptors (Lipinski definition) is 2. The minimum absolute atomic E-state index is 0.0224. The molecule has 2 aliphatic carbocycles. The lowest BCUT2D eigenvalue weighted by atomic mass is 9.72. The average molecular weight is 330 g/mol. The maximum atomic E-state index is 12.8. The molecule has 0 aromatic heterocycles.